The molecule has 5 nitrogen and oxygen atoms in total. The van der Waals surface area contributed by atoms with Gasteiger partial charge in [0.2, 0.25) is 0 Å². The van der Waals surface area contributed by atoms with Crippen molar-refractivity contribution in [2.75, 3.05) is 26.6 Å². The van der Waals surface area contributed by atoms with E-state index in [1.165, 1.54) is 26.4 Å². The fourth-order valence-corrected chi connectivity index (χ4v) is 1.79. The van der Waals surface area contributed by atoms with Gasteiger partial charge in [-0.1, -0.05) is 11.6 Å². The number of rotatable bonds is 5. The first-order valence-electron chi connectivity index (χ1n) is 5.59. The van der Waals surface area contributed by atoms with Crippen LogP contribution in [0, 0.1) is 0 Å². The maximum Gasteiger partial charge on any atom is 0.330 e. The molecule has 0 aliphatic heterocycles. The summed E-state index contributed by atoms with van der Waals surface area (Å²) >= 11 is 6.05. The lowest BCUT2D eigenvalue weighted by molar-refractivity contribution is -0.137. The van der Waals surface area contributed by atoms with Crippen molar-refractivity contribution in [1.29, 1.82) is 0 Å². The number of carbonyl (C=O) groups excluding carboxylic acids is 1. The molecule has 0 aliphatic rings. The molecular formula is C13H16ClNO4. The number of nitrogens with two attached hydrogens (primary N) is 1. The zero-order valence-electron chi connectivity index (χ0n) is 11.0. The van der Waals surface area contributed by atoms with Crippen LogP contribution in [0.5, 0.6) is 11.5 Å². The van der Waals surface area contributed by atoms with E-state index in [1.54, 1.807) is 13.0 Å². The lowest BCUT2D eigenvalue weighted by Crippen LogP contribution is -2.01. The number of methoxy groups -OCH3 is 2. The standard InChI is InChI=1S/C13H16ClNO4/c1-4-19-10(16)6-5-8-7-9(17-2)11(14)13(18-3)12(8)15/h5-7H,4,15H2,1-3H3/b6-5+. The molecule has 1 aromatic rings. The van der Waals surface area contributed by atoms with E-state index in [1.807, 2.05) is 0 Å². The van der Waals surface area contributed by atoms with Gasteiger partial charge in [0.25, 0.3) is 0 Å². The van der Waals surface area contributed by atoms with Crippen LogP contribution >= 0.6 is 11.6 Å². The molecule has 6 heteroatoms. The highest BCUT2D eigenvalue weighted by Gasteiger charge is 2.15. The van der Waals surface area contributed by atoms with Crippen LogP contribution in [-0.2, 0) is 9.53 Å². The lowest BCUT2D eigenvalue weighted by atomic mass is 10.1. The molecule has 0 fully saturated rings. The van der Waals surface area contributed by atoms with Crippen LogP contribution in [0.15, 0.2) is 12.1 Å². The third-order valence-corrected chi connectivity index (χ3v) is 2.73. The molecule has 19 heavy (non-hydrogen) atoms. The molecule has 0 radical (unpaired) electrons. The molecule has 0 saturated heterocycles. The third kappa shape index (κ3) is 3.54. The predicted octanol–water partition coefficient (Wildman–Crippen LogP) is 2.52. The monoisotopic (exact) mass is 285 g/mol. The Morgan fingerprint density at radius 1 is 1.42 bits per heavy atom. The molecule has 0 saturated carbocycles. The second kappa shape index (κ2) is 6.89. The summed E-state index contributed by atoms with van der Waals surface area (Å²) in [5.41, 5.74) is 6.80. The molecule has 0 heterocycles. The van der Waals surface area contributed by atoms with Crippen LogP contribution in [-0.4, -0.2) is 26.8 Å². The van der Waals surface area contributed by atoms with E-state index >= 15 is 0 Å². The summed E-state index contributed by atoms with van der Waals surface area (Å²) in [5, 5.41) is 0.288. The molecule has 1 rings (SSSR count). The summed E-state index contributed by atoms with van der Waals surface area (Å²) in [6, 6.07) is 1.62. The highest BCUT2D eigenvalue weighted by Crippen LogP contribution is 2.41. The molecule has 0 aromatic heterocycles. The second-order valence-corrected chi connectivity index (χ2v) is 3.89. The minimum Gasteiger partial charge on any atom is -0.495 e. The summed E-state index contributed by atoms with van der Waals surface area (Å²) in [7, 11) is 2.94. The van der Waals surface area contributed by atoms with E-state index in [0.29, 0.717) is 29.4 Å². The molecule has 0 spiro atoms. The Morgan fingerprint density at radius 3 is 2.63 bits per heavy atom. The van der Waals surface area contributed by atoms with Crippen molar-refractivity contribution < 1.29 is 19.0 Å². The zero-order valence-corrected chi connectivity index (χ0v) is 11.8. The maximum absolute atomic E-state index is 11.3. The second-order valence-electron chi connectivity index (χ2n) is 3.51. The average Bonchev–Trinajstić information content (AvgIpc) is 2.39. The predicted molar refractivity (Wildman–Crippen MR) is 74.6 cm³/mol. The van der Waals surface area contributed by atoms with E-state index in [-0.39, 0.29) is 5.02 Å². The van der Waals surface area contributed by atoms with E-state index in [0.717, 1.165) is 0 Å². The first-order valence-corrected chi connectivity index (χ1v) is 5.97. The fourth-order valence-electron chi connectivity index (χ4n) is 1.48. The molecule has 0 amide bonds. The topological polar surface area (TPSA) is 70.8 Å². The van der Waals surface area contributed by atoms with Gasteiger partial charge < -0.3 is 19.9 Å². The van der Waals surface area contributed by atoms with E-state index in [4.69, 9.17) is 31.5 Å². The Hall–Kier alpha value is -1.88. The summed E-state index contributed by atoms with van der Waals surface area (Å²) in [5.74, 6) is 0.274. The number of anilines is 1. The van der Waals surface area contributed by atoms with Gasteiger partial charge in [-0.25, -0.2) is 4.79 Å². The van der Waals surface area contributed by atoms with Gasteiger partial charge in [-0.3, -0.25) is 0 Å². The minimum absolute atomic E-state index is 0.288. The summed E-state index contributed by atoms with van der Waals surface area (Å²) in [4.78, 5) is 11.3. The molecule has 104 valence electrons. The summed E-state index contributed by atoms with van der Waals surface area (Å²) in [6.07, 6.45) is 2.80. The van der Waals surface area contributed by atoms with Crippen molar-refractivity contribution in [3.8, 4) is 11.5 Å². The smallest absolute Gasteiger partial charge is 0.330 e. The van der Waals surface area contributed by atoms with E-state index < -0.39 is 5.97 Å². The Balaban J connectivity index is 3.17. The Bertz CT molecular complexity index is 500. The van der Waals surface area contributed by atoms with Gasteiger partial charge in [0.05, 0.1) is 26.5 Å². The normalized spacial score (nSPS) is 10.5. The number of esters is 1. The number of hydrogen-bond donors (Lipinski definition) is 1. The Kier molecular flexibility index (Phi) is 5.51. The average molecular weight is 286 g/mol. The van der Waals surface area contributed by atoms with Gasteiger partial charge in [0.15, 0.2) is 5.75 Å². The number of ether oxygens (including phenoxy) is 3. The third-order valence-electron chi connectivity index (χ3n) is 2.37. The highest BCUT2D eigenvalue weighted by molar-refractivity contribution is 6.34. The van der Waals surface area contributed by atoms with Gasteiger partial charge in [-0.15, -0.1) is 0 Å². The molecule has 1 aromatic carbocycles. The number of nitrogen functional groups attached to an aromatic ring is 1. The number of benzene rings is 1. The van der Waals surface area contributed by atoms with Crippen LogP contribution < -0.4 is 15.2 Å². The highest BCUT2D eigenvalue weighted by atomic mass is 35.5. The van der Waals surface area contributed by atoms with Crippen molar-refractivity contribution in [2.45, 2.75) is 6.92 Å². The number of halogens is 1. The first kappa shape index (κ1) is 15.2. The fraction of sp³-hybridized carbons (Fsp3) is 0.308. The molecule has 2 N–H and O–H groups in total. The van der Waals surface area contributed by atoms with Crippen LogP contribution in [0.3, 0.4) is 0 Å². The van der Waals surface area contributed by atoms with E-state index in [9.17, 15) is 4.79 Å². The van der Waals surface area contributed by atoms with Crippen molar-refractivity contribution in [1.82, 2.24) is 0 Å². The maximum atomic E-state index is 11.3. The summed E-state index contributed by atoms with van der Waals surface area (Å²) in [6.45, 7) is 2.04. The molecule has 0 unspecified atom stereocenters. The molecule has 0 bridgehead atoms. The zero-order chi connectivity index (χ0) is 14.4. The van der Waals surface area contributed by atoms with Crippen molar-refractivity contribution in [3.63, 3.8) is 0 Å². The first-order chi connectivity index (χ1) is 9.04. The van der Waals surface area contributed by atoms with Crippen molar-refractivity contribution >= 4 is 29.3 Å². The van der Waals surface area contributed by atoms with Crippen LogP contribution in [0.1, 0.15) is 12.5 Å². The minimum atomic E-state index is -0.449. The Labute approximate surface area is 116 Å². The quantitative estimate of drug-likeness (QED) is 0.511. The van der Waals surface area contributed by atoms with Crippen LogP contribution in [0.2, 0.25) is 5.02 Å². The van der Waals surface area contributed by atoms with Crippen molar-refractivity contribution in [3.05, 3.63) is 22.7 Å². The molecular weight excluding hydrogens is 270 g/mol. The lowest BCUT2D eigenvalue weighted by Gasteiger charge is -2.13. The van der Waals surface area contributed by atoms with Gasteiger partial charge in [0.1, 0.15) is 10.8 Å². The number of hydrogen-bond acceptors (Lipinski definition) is 5. The summed E-state index contributed by atoms with van der Waals surface area (Å²) < 4.78 is 15.0. The van der Waals surface area contributed by atoms with Crippen LogP contribution in [0.25, 0.3) is 6.08 Å². The van der Waals surface area contributed by atoms with Crippen LogP contribution in [0.4, 0.5) is 5.69 Å². The van der Waals surface area contributed by atoms with Gasteiger partial charge in [-0.2, -0.15) is 0 Å². The van der Waals surface area contributed by atoms with Crippen molar-refractivity contribution in [2.24, 2.45) is 0 Å². The SMILES string of the molecule is CCOC(=O)/C=C/c1cc(OC)c(Cl)c(OC)c1N. The van der Waals surface area contributed by atoms with Gasteiger partial charge >= 0.3 is 5.97 Å². The molecule has 0 atom stereocenters. The van der Waals surface area contributed by atoms with Gasteiger partial charge in [-0.05, 0) is 19.1 Å². The van der Waals surface area contributed by atoms with Gasteiger partial charge in [0, 0.05) is 11.6 Å². The van der Waals surface area contributed by atoms with E-state index in [2.05, 4.69) is 0 Å². The largest absolute Gasteiger partial charge is 0.495 e. The number of carbonyl (C=O) groups is 1. The molecule has 0 aliphatic carbocycles. The Morgan fingerprint density at radius 2 is 2.11 bits per heavy atom.